The number of rotatable bonds is 10. The van der Waals surface area contributed by atoms with Crippen molar-refractivity contribution in [2.75, 3.05) is 59.1 Å². The lowest BCUT2D eigenvalue weighted by molar-refractivity contribution is -0.123. The first-order valence-corrected chi connectivity index (χ1v) is 8.15. The Kier molecular flexibility index (Phi) is 9.08. The maximum atomic E-state index is 11.7. The molecule has 1 aliphatic heterocycles. The van der Waals surface area contributed by atoms with E-state index in [9.17, 15) is 4.79 Å². The number of ketones is 1. The molecule has 0 aromatic carbocycles. The Labute approximate surface area is 129 Å². The minimum atomic E-state index is 0.143. The van der Waals surface area contributed by atoms with Gasteiger partial charge in [0.05, 0.1) is 32.5 Å². The van der Waals surface area contributed by atoms with E-state index in [1.165, 1.54) is 0 Å². The number of Topliss-reactive ketones (excluding diaryl/α,β-unsaturated/α-hetero) is 1. The van der Waals surface area contributed by atoms with Gasteiger partial charge in [-0.05, 0) is 13.8 Å². The highest BCUT2D eigenvalue weighted by Gasteiger charge is 2.19. The number of carbonyl (C=O) groups excluding carboxylic acids is 1. The first-order chi connectivity index (χ1) is 9.99. The number of hydrogen-bond donors (Lipinski definition) is 0. The highest BCUT2D eigenvalue weighted by Crippen LogP contribution is 2.04. The molecule has 0 amide bonds. The van der Waals surface area contributed by atoms with Crippen LogP contribution in [-0.4, -0.2) is 80.8 Å². The Hall–Kier alpha value is -0.490. The topological polar surface area (TPSA) is 42.0 Å². The van der Waals surface area contributed by atoms with Crippen molar-refractivity contribution >= 4 is 5.78 Å². The Bertz CT molecular complexity index is 287. The van der Waals surface area contributed by atoms with Crippen LogP contribution >= 0.6 is 0 Å². The van der Waals surface area contributed by atoms with Gasteiger partial charge in [-0.2, -0.15) is 0 Å². The normalized spacial score (nSPS) is 17.8. The Morgan fingerprint density at radius 1 is 0.952 bits per heavy atom. The minimum Gasteiger partial charge on any atom is -0.378 e. The summed E-state index contributed by atoms with van der Waals surface area (Å²) in [4.78, 5) is 16.4. The molecule has 0 aliphatic carbocycles. The van der Waals surface area contributed by atoms with E-state index in [0.717, 1.165) is 39.3 Å². The van der Waals surface area contributed by atoms with Crippen molar-refractivity contribution < 1.29 is 14.3 Å². The van der Waals surface area contributed by atoms with E-state index in [1.54, 1.807) is 0 Å². The fraction of sp³-hybridized carbons (Fsp3) is 0.938. The third-order valence-electron chi connectivity index (χ3n) is 3.72. The van der Waals surface area contributed by atoms with Crippen molar-refractivity contribution in [1.29, 1.82) is 0 Å². The summed E-state index contributed by atoms with van der Waals surface area (Å²) in [5.74, 6) is 0.487. The largest absolute Gasteiger partial charge is 0.378 e. The average Bonchev–Trinajstić information content (AvgIpc) is 2.44. The van der Waals surface area contributed by atoms with Gasteiger partial charge in [-0.25, -0.2) is 0 Å². The summed E-state index contributed by atoms with van der Waals surface area (Å²) in [7, 11) is 0. The SMILES string of the molecule is CC(C)OCCOCCN1CCN(CC(=O)C(C)C)CC1. The molecule has 1 rings (SSSR count). The summed E-state index contributed by atoms with van der Waals surface area (Å²) >= 11 is 0. The molecular weight excluding hydrogens is 268 g/mol. The van der Waals surface area contributed by atoms with Crippen LogP contribution in [0.1, 0.15) is 27.7 Å². The van der Waals surface area contributed by atoms with Crippen LogP contribution in [0.15, 0.2) is 0 Å². The predicted molar refractivity (Wildman–Crippen MR) is 84.6 cm³/mol. The molecule has 0 radical (unpaired) electrons. The molecule has 1 heterocycles. The second-order valence-electron chi connectivity index (χ2n) is 6.27. The maximum absolute atomic E-state index is 11.7. The van der Waals surface area contributed by atoms with Crippen LogP contribution < -0.4 is 0 Å². The molecule has 0 atom stereocenters. The summed E-state index contributed by atoms with van der Waals surface area (Å²) in [6.07, 6.45) is 0.273. The molecule has 21 heavy (non-hydrogen) atoms. The molecule has 1 aliphatic rings. The number of ether oxygens (including phenoxy) is 2. The molecule has 1 fully saturated rings. The third kappa shape index (κ3) is 8.51. The van der Waals surface area contributed by atoms with Crippen LogP contribution in [0.2, 0.25) is 0 Å². The van der Waals surface area contributed by atoms with E-state index in [2.05, 4.69) is 9.80 Å². The Morgan fingerprint density at radius 3 is 2.14 bits per heavy atom. The average molecular weight is 300 g/mol. The van der Waals surface area contributed by atoms with Crippen molar-refractivity contribution in [3.8, 4) is 0 Å². The van der Waals surface area contributed by atoms with Gasteiger partial charge in [0.1, 0.15) is 5.78 Å². The van der Waals surface area contributed by atoms with E-state index < -0.39 is 0 Å². The van der Waals surface area contributed by atoms with Crippen molar-refractivity contribution in [2.45, 2.75) is 33.8 Å². The molecule has 1 saturated heterocycles. The zero-order chi connectivity index (χ0) is 15.7. The lowest BCUT2D eigenvalue weighted by atomic mass is 10.1. The van der Waals surface area contributed by atoms with Crippen LogP contribution in [0.5, 0.6) is 0 Å². The zero-order valence-corrected chi connectivity index (χ0v) is 14.1. The van der Waals surface area contributed by atoms with Crippen molar-refractivity contribution in [2.24, 2.45) is 5.92 Å². The molecule has 124 valence electrons. The van der Waals surface area contributed by atoms with Gasteiger partial charge in [0, 0.05) is 38.6 Å². The van der Waals surface area contributed by atoms with E-state index in [-0.39, 0.29) is 12.0 Å². The summed E-state index contributed by atoms with van der Waals surface area (Å²) in [6, 6.07) is 0. The molecule has 0 aromatic heterocycles. The van der Waals surface area contributed by atoms with Gasteiger partial charge >= 0.3 is 0 Å². The van der Waals surface area contributed by atoms with Gasteiger partial charge in [-0.3, -0.25) is 14.6 Å². The molecule has 5 nitrogen and oxygen atoms in total. The minimum absolute atomic E-state index is 0.143. The second kappa shape index (κ2) is 10.3. The summed E-state index contributed by atoms with van der Waals surface area (Å²) in [6.45, 7) is 15.7. The van der Waals surface area contributed by atoms with E-state index in [1.807, 2.05) is 27.7 Å². The monoisotopic (exact) mass is 300 g/mol. The summed E-state index contributed by atoms with van der Waals surface area (Å²) in [5, 5.41) is 0. The van der Waals surface area contributed by atoms with Crippen LogP contribution in [0.4, 0.5) is 0 Å². The maximum Gasteiger partial charge on any atom is 0.149 e. The van der Waals surface area contributed by atoms with Gasteiger partial charge in [0.15, 0.2) is 0 Å². The first-order valence-electron chi connectivity index (χ1n) is 8.15. The highest BCUT2D eigenvalue weighted by molar-refractivity contribution is 5.82. The lowest BCUT2D eigenvalue weighted by Gasteiger charge is -2.34. The molecular formula is C16H32N2O3. The predicted octanol–water partition coefficient (Wildman–Crippen LogP) is 1.27. The van der Waals surface area contributed by atoms with Crippen molar-refractivity contribution in [3.05, 3.63) is 0 Å². The first kappa shape index (κ1) is 18.6. The fourth-order valence-corrected chi connectivity index (χ4v) is 2.21. The van der Waals surface area contributed by atoms with Crippen molar-refractivity contribution in [3.63, 3.8) is 0 Å². The van der Waals surface area contributed by atoms with Gasteiger partial charge < -0.3 is 9.47 Å². The zero-order valence-electron chi connectivity index (χ0n) is 14.1. The standard InChI is InChI=1S/C16H32N2O3/c1-14(2)16(19)13-18-7-5-17(6-8-18)9-10-20-11-12-21-15(3)4/h14-15H,5-13H2,1-4H3. The highest BCUT2D eigenvalue weighted by atomic mass is 16.5. The van der Waals surface area contributed by atoms with Gasteiger partial charge in [-0.15, -0.1) is 0 Å². The number of hydrogen-bond acceptors (Lipinski definition) is 5. The van der Waals surface area contributed by atoms with Crippen LogP contribution in [-0.2, 0) is 14.3 Å². The summed E-state index contributed by atoms with van der Waals surface area (Å²) in [5.41, 5.74) is 0. The van der Waals surface area contributed by atoms with Crippen LogP contribution in [0.3, 0.4) is 0 Å². The quantitative estimate of drug-likeness (QED) is 0.568. The van der Waals surface area contributed by atoms with Gasteiger partial charge in [0.25, 0.3) is 0 Å². The second-order valence-corrected chi connectivity index (χ2v) is 6.27. The molecule has 0 spiro atoms. The molecule has 0 N–H and O–H groups in total. The fourth-order valence-electron chi connectivity index (χ4n) is 2.21. The third-order valence-corrected chi connectivity index (χ3v) is 3.72. The number of carbonyl (C=O) groups is 1. The summed E-state index contributed by atoms with van der Waals surface area (Å²) < 4.78 is 11.0. The Morgan fingerprint density at radius 2 is 1.57 bits per heavy atom. The molecule has 0 unspecified atom stereocenters. The van der Waals surface area contributed by atoms with E-state index in [0.29, 0.717) is 25.5 Å². The molecule has 5 heteroatoms. The van der Waals surface area contributed by atoms with E-state index in [4.69, 9.17) is 9.47 Å². The molecule has 0 aromatic rings. The smallest absolute Gasteiger partial charge is 0.149 e. The van der Waals surface area contributed by atoms with Gasteiger partial charge in [-0.1, -0.05) is 13.8 Å². The molecule has 0 saturated carbocycles. The molecule has 0 bridgehead atoms. The lowest BCUT2D eigenvalue weighted by Crippen LogP contribution is -2.49. The van der Waals surface area contributed by atoms with Crippen LogP contribution in [0, 0.1) is 5.92 Å². The van der Waals surface area contributed by atoms with E-state index >= 15 is 0 Å². The van der Waals surface area contributed by atoms with Crippen molar-refractivity contribution in [1.82, 2.24) is 9.80 Å². The van der Waals surface area contributed by atoms with Crippen LogP contribution in [0.25, 0.3) is 0 Å². The number of nitrogens with zero attached hydrogens (tertiary/aromatic N) is 2. The van der Waals surface area contributed by atoms with Gasteiger partial charge in [0.2, 0.25) is 0 Å². The number of piperazine rings is 1. The Balaban J connectivity index is 2.02.